The number of pyridine rings is 1. The van der Waals surface area contributed by atoms with Crippen LogP contribution in [0.3, 0.4) is 0 Å². The highest BCUT2D eigenvalue weighted by Crippen LogP contribution is 2.36. The molecule has 0 spiro atoms. The number of amides is 5. The Labute approximate surface area is 411 Å². The summed E-state index contributed by atoms with van der Waals surface area (Å²) in [5, 5.41) is 5.30. The molecular weight excluding hydrogens is 887 g/mol. The van der Waals surface area contributed by atoms with Gasteiger partial charge in [-0.05, 0) is 124 Å². The Morgan fingerprint density at radius 1 is 0.814 bits per heavy atom. The van der Waals surface area contributed by atoms with Crippen molar-refractivity contribution in [3.8, 4) is 16.9 Å². The number of ether oxygens (including phenoxy) is 2. The largest absolute Gasteiger partial charge is 0.493 e. The van der Waals surface area contributed by atoms with Gasteiger partial charge in [0.25, 0.3) is 23.3 Å². The predicted molar refractivity (Wildman–Crippen MR) is 269 cm³/mol. The van der Waals surface area contributed by atoms with Gasteiger partial charge in [-0.2, -0.15) is 0 Å². The first-order valence-electron chi connectivity index (χ1n) is 25.4. The van der Waals surface area contributed by atoms with Crippen molar-refractivity contribution in [1.82, 2.24) is 30.3 Å². The van der Waals surface area contributed by atoms with Gasteiger partial charge in [0.1, 0.15) is 11.8 Å². The molecule has 1 atom stereocenters. The Kier molecular flexibility index (Phi) is 16.6. The molecule has 3 aromatic carbocycles. The number of imide groups is 2. The predicted octanol–water partition coefficient (Wildman–Crippen LogP) is 6.84. The van der Waals surface area contributed by atoms with E-state index in [1.807, 2.05) is 32.9 Å². The smallest absolute Gasteiger partial charge is 0.266 e. The number of unbranched alkanes of at least 4 members (excludes halogenated alkanes) is 5. The second-order valence-corrected chi connectivity index (χ2v) is 19.3. The summed E-state index contributed by atoms with van der Waals surface area (Å²) >= 11 is 0. The molecular formula is C55H69N7O8. The number of piperazine rings is 1. The van der Waals surface area contributed by atoms with E-state index in [-0.39, 0.29) is 42.0 Å². The van der Waals surface area contributed by atoms with Crippen LogP contribution in [0.1, 0.15) is 130 Å². The number of fused-ring (bicyclic) bond motifs is 1. The molecule has 372 valence electrons. The number of rotatable bonds is 20. The molecule has 8 rings (SSSR count). The highest BCUT2D eigenvalue weighted by molar-refractivity contribution is 6.24. The fourth-order valence-electron chi connectivity index (χ4n) is 10.5. The van der Waals surface area contributed by atoms with Crippen LogP contribution in [-0.2, 0) is 27.4 Å². The standard InChI is InChI=1S/C55H69N7O8/c1-5-61(42-21-29-69-30-22-42)47-33-41(32-44(38(47)4)51(64)56-34-45-36(2)31-37(3)57-52(45)65)40-17-15-39(16-18-40)35-60-26-24-59(25-27-60)23-10-8-6-7-9-11-28-70-48-14-12-13-43-50(48)55(68)62(54(43)67)46-19-20-49(63)58-53(46)66/h12-18,31-33,42,46H,5-11,19-30,34-35H2,1-4H3,(H,56,64)(H,57,65)(H,58,63,66). The SMILES string of the molecule is CCN(c1cc(-c2ccc(CN3CCN(CCCCCCCCOc4cccc5c4C(=O)N(C4CCC(=O)NC4=O)C5=O)CC3)cc2)cc(C(=O)NCc2c(C)cc(C)[nH]c2=O)c1C)C1CCOCC1. The van der Waals surface area contributed by atoms with Gasteiger partial charge < -0.3 is 29.6 Å². The zero-order valence-corrected chi connectivity index (χ0v) is 41.3. The summed E-state index contributed by atoms with van der Waals surface area (Å²) in [5.74, 6) is -1.96. The first-order chi connectivity index (χ1) is 33.9. The fraction of sp³-hybridized carbons (Fsp3) is 0.491. The van der Waals surface area contributed by atoms with Crippen molar-refractivity contribution in [1.29, 1.82) is 0 Å². The maximum Gasteiger partial charge on any atom is 0.266 e. The van der Waals surface area contributed by atoms with E-state index in [0.717, 1.165) is 143 Å². The number of H-pyrrole nitrogens is 1. The number of aromatic amines is 1. The summed E-state index contributed by atoms with van der Waals surface area (Å²) in [6, 6.07) is 19.2. The molecule has 4 aliphatic heterocycles. The van der Waals surface area contributed by atoms with E-state index in [1.54, 1.807) is 18.2 Å². The van der Waals surface area contributed by atoms with Crippen LogP contribution in [0.15, 0.2) is 65.5 Å². The molecule has 70 heavy (non-hydrogen) atoms. The van der Waals surface area contributed by atoms with Crippen molar-refractivity contribution in [2.24, 2.45) is 0 Å². The third-order valence-electron chi connectivity index (χ3n) is 14.5. The Balaban J connectivity index is 0.772. The Morgan fingerprint density at radius 3 is 2.24 bits per heavy atom. The van der Waals surface area contributed by atoms with E-state index >= 15 is 0 Å². The average Bonchev–Trinajstić information content (AvgIpc) is 3.60. The third-order valence-corrected chi connectivity index (χ3v) is 14.5. The van der Waals surface area contributed by atoms with Gasteiger partial charge in [-0.3, -0.25) is 43.9 Å². The van der Waals surface area contributed by atoms with Crippen LogP contribution in [0.4, 0.5) is 5.69 Å². The van der Waals surface area contributed by atoms with Crippen LogP contribution in [0, 0.1) is 20.8 Å². The van der Waals surface area contributed by atoms with Gasteiger partial charge in [0.15, 0.2) is 0 Å². The summed E-state index contributed by atoms with van der Waals surface area (Å²) < 4.78 is 11.7. The molecule has 5 heterocycles. The van der Waals surface area contributed by atoms with Gasteiger partial charge in [-0.1, -0.05) is 56.0 Å². The summed E-state index contributed by atoms with van der Waals surface area (Å²) in [6.45, 7) is 16.9. The molecule has 5 amide bonds. The van der Waals surface area contributed by atoms with Crippen LogP contribution in [0.5, 0.6) is 5.75 Å². The molecule has 1 aromatic heterocycles. The van der Waals surface area contributed by atoms with Crippen molar-refractivity contribution < 1.29 is 33.4 Å². The number of benzene rings is 3. The zero-order valence-electron chi connectivity index (χ0n) is 41.3. The minimum absolute atomic E-state index is 0.0767. The van der Waals surface area contributed by atoms with Gasteiger partial charge in [-0.25, -0.2) is 0 Å². The number of aryl methyl sites for hydroxylation is 2. The monoisotopic (exact) mass is 956 g/mol. The molecule has 3 fully saturated rings. The lowest BCUT2D eigenvalue weighted by Gasteiger charge is -2.37. The maximum absolute atomic E-state index is 14.0. The molecule has 3 N–H and O–H groups in total. The molecule has 0 saturated carbocycles. The first kappa shape index (κ1) is 50.2. The second kappa shape index (κ2) is 23.2. The minimum atomic E-state index is -1.00. The Hall–Kier alpha value is -6.16. The van der Waals surface area contributed by atoms with E-state index in [4.69, 9.17) is 9.47 Å². The lowest BCUT2D eigenvalue weighted by atomic mass is 9.94. The van der Waals surface area contributed by atoms with Crippen LogP contribution >= 0.6 is 0 Å². The maximum atomic E-state index is 14.0. The quantitative estimate of drug-likeness (QED) is 0.0626. The molecule has 15 heteroatoms. The lowest BCUT2D eigenvalue weighted by molar-refractivity contribution is -0.136. The number of carbonyl (C=O) groups excluding carboxylic acids is 5. The van der Waals surface area contributed by atoms with Crippen molar-refractivity contribution in [2.45, 2.75) is 117 Å². The Morgan fingerprint density at radius 2 is 1.53 bits per heavy atom. The molecule has 1 unspecified atom stereocenters. The summed E-state index contributed by atoms with van der Waals surface area (Å²) in [7, 11) is 0. The van der Waals surface area contributed by atoms with Crippen molar-refractivity contribution >= 4 is 35.2 Å². The van der Waals surface area contributed by atoms with Crippen molar-refractivity contribution in [3.05, 3.63) is 116 Å². The normalized spacial score (nSPS) is 18.0. The van der Waals surface area contributed by atoms with Gasteiger partial charge in [0.2, 0.25) is 11.8 Å². The highest BCUT2D eigenvalue weighted by Gasteiger charge is 2.46. The number of hydrogen-bond acceptors (Lipinski definition) is 11. The zero-order chi connectivity index (χ0) is 49.3. The number of piperidine rings is 1. The molecule has 4 aromatic rings. The summed E-state index contributed by atoms with van der Waals surface area (Å²) in [6.07, 6.45) is 8.46. The van der Waals surface area contributed by atoms with E-state index in [2.05, 4.69) is 67.6 Å². The van der Waals surface area contributed by atoms with Crippen LogP contribution < -0.4 is 25.8 Å². The topological polar surface area (TPSA) is 174 Å². The number of nitrogens with one attached hydrogen (secondary N) is 3. The highest BCUT2D eigenvalue weighted by atomic mass is 16.5. The average molecular weight is 956 g/mol. The third kappa shape index (κ3) is 11.7. The number of aromatic nitrogens is 1. The lowest BCUT2D eigenvalue weighted by Crippen LogP contribution is -2.54. The van der Waals surface area contributed by atoms with Crippen LogP contribution in [0.25, 0.3) is 11.1 Å². The molecule has 0 radical (unpaired) electrons. The first-order valence-corrected chi connectivity index (χ1v) is 25.4. The molecule has 3 saturated heterocycles. The van der Waals surface area contributed by atoms with E-state index in [0.29, 0.717) is 29.5 Å². The number of nitrogens with zero attached hydrogens (tertiary/aromatic N) is 4. The van der Waals surface area contributed by atoms with Crippen molar-refractivity contribution in [3.63, 3.8) is 0 Å². The number of carbonyl (C=O) groups is 5. The minimum Gasteiger partial charge on any atom is -0.493 e. The fourth-order valence-corrected chi connectivity index (χ4v) is 10.5. The summed E-state index contributed by atoms with van der Waals surface area (Å²) in [5.41, 5.74) is 8.35. The van der Waals surface area contributed by atoms with Crippen LogP contribution in [0.2, 0.25) is 0 Å². The number of anilines is 1. The number of hydrogen-bond donors (Lipinski definition) is 3. The van der Waals surface area contributed by atoms with Gasteiger partial charge in [0, 0.05) is 94.0 Å². The second-order valence-electron chi connectivity index (χ2n) is 19.3. The van der Waals surface area contributed by atoms with Crippen molar-refractivity contribution in [2.75, 3.05) is 64.0 Å². The van der Waals surface area contributed by atoms with Gasteiger partial charge in [-0.15, -0.1) is 0 Å². The van der Waals surface area contributed by atoms with E-state index < -0.39 is 29.7 Å². The van der Waals surface area contributed by atoms with E-state index in [9.17, 15) is 28.8 Å². The molecule has 4 aliphatic rings. The Bertz CT molecular complexity index is 2610. The van der Waals surface area contributed by atoms with Gasteiger partial charge >= 0.3 is 0 Å². The molecule has 15 nitrogen and oxygen atoms in total. The van der Waals surface area contributed by atoms with E-state index in [1.165, 1.54) is 12.0 Å². The molecule has 0 aliphatic carbocycles. The summed E-state index contributed by atoms with van der Waals surface area (Å²) in [4.78, 5) is 88.7. The van der Waals surface area contributed by atoms with Crippen LogP contribution in [-0.4, -0.2) is 120 Å². The van der Waals surface area contributed by atoms with Gasteiger partial charge in [0.05, 0.1) is 17.7 Å². The molecule has 0 bridgehead atoms.